The van der Waals surface area contributed by atoms with Crippen LogP contribution < -0.4 is 10.6 Å². The van der Waals surface area contributed by atoms with Gasteiger partial charge in [0, 0.05) is 35.3 Å². The van der Waals surface area contributed by atoms with E-state index in [9.17, 15) is 23.1 Å². The van der Waals surface area contributed by atoms with E-state index < -0.39 is 23.7 Å². The Hall–Kier alpha value is -1.89. The van der Waals surface area contributed by atoms with Gasteiger partial charge >= 0.3 is 0 Å². The summed E-state index contributed by atoms with van der Waals surface area (Å²) >= 11 is 1.94. The van der Waals surface area contributed by atoms with Gasteiger partial charge in [-0.15, -0.1) is 0 Å². The Labute approximate surface area is 205 Å². The molecular formula is C23H28F3IN4O2. The lowest BCUT2D eigenvalue weighted by Crippen LogP contribution is -2.55. The second-order valence-electron chi connectivity index (χ2n) is 7.92. The Morgan fingerprint density at radius 3 is 2.52 bits per heavy atom. The summed E-state index contributed by atoms with van der Waals surface area (Å²) in [6.45, 7) is 7.78. The molecule has 1 atom stereocenters. The molecule has 3 N–H and O–H groups in total. The quantitative estimate of drug-likeness (QED) is 0.376. The van der Waals surface area contributed by atoms with Crippen molar-refractivity contribution in [1.29, 1.82) is 0 Å². The largest absolute Gasteiger partial charge is 0.374 e. The Morgan fingerprint density at radius 2 is 1.88 bits per heavy atom. The van der Waals surface area contributed by atoms with Crippen LogP contribution in [0.4, 0.5) is 24.5 Å². The van der Waals surface area contributed by atoms with Crippen LogP contribution in [0.25, 0.3) is 0 Å². The Balaban J connectivity index is 1.65. The third kappa shape index (κ3) is 6.17. The molecule has 2 aromatic carbocycles. The number of hydrogen-bond acceptors (Lipinski definition) is 5. The Morgan fingerprint density at radius 1 is 1.18 bits per heavy atom. The van der Waals surface area contributed by atoms with Crippen molar-refractivity contribution < 1.29 is 23.1 Å². The topological polar surface area (TPSA) is 67.8 Å². The van der Waals surface area contributed by atoms with Crippen LogP contribution in [-0.2, 0) is 4.79 Å². The molecule has 2 aromatic rings. The number of nitrogens with zero attached hydrogens (tertiary/aromatic N) is 2. The number of hydrogen-bond donors (Lipinski definition) is 3. The monoisotopic (exact) mass is 576 g/mol. The van der Waals surface area contributed by atoms with Crippen molar-refractivity contribution in [3.8, 4) is 0 Å². The molecule has 0 spiro atoms. The van der Waals surface area contributed by atoms with E-state index in [2.05, 4.69) is 29.4 Å². The summed E-state index contributed by atoms with van der Waals surface area (Å²) in [6.07, 6.45) is -1.28. The van der Waals surface area contributed by atoms with Crippen LogP contribution in [0.3, 0.4) is 0 Å². The highest BCUT2D eigenvalue weighted by Gasteiger charge is 2.37. The first-order valence-corrected chi connectivity index (χ1v) is 11.9. The van der Waals surface area contributed by atoms with E-state index in [0.717, 1.165) is 25.7 Å². The van der Waals surface area contributed by atoms with Crippen molar-refractivity contribution in [2.24, 2.45) is 5.92 Å². The summed E-state index contributed by atoms with van der Waals surface area (Å²) < 4.78 is 43.5. The number of carbonyl (C=O) groups excluding carboxylic acids is 1. The van der Waals surface area contributed by atoms with Crippen molar-refractivity contribution in [3.05, 3.63) is 56.9 Å². The molecule has 1 fully saturated rings. The van der Waals surface area contributed by atoms with Gasteiger partial charge in [0.25, 0.3) is 0 Å². The minimum absolute atomic E-state index is 0.0394. The molecule has 1 aliphatic heterocycles. The van der Waals surface area contributed by atoms with Crippen LogP contribution in [0, 0.1) is 26.9 Å². The van der Waals surface area contributed by atoms with Gasteiger partial charge in [0.1, 0.15) is 12.0 Å². The predicted octanol–water partition coefficient (Wildman–Crippen LogP) is 3.83. The fourth-order valence-corrected chi connectivity index (χ4v) is 4.18. The molecule has 0 bridgehead atoms. The zero-order valence-corrected chi connectivity index (χ0v) is 20.7. The number of benzene rings is 2. The summed E-state index contributed by atoms with van der Waals surface area (Å²) in [4.78, 5) is 16.1. The molecule has 1 unspecified atom stereocenters. The van der Waals surface area contributed by atoms with Gasteiger partial charge < -0.3 is 20.6 Å². The van der Waals surface area contributed by atoms with E-state index in [0.29, 0.717) is 10.1 Å². The number of aliphatic hydroxyl groups excluding tert-OH is 1. The van der Waals surface area contributed by atoms with Gasteiger partial charge in [-0.2, -0.15) is 0 Å². The van der Waals surface area contributed by atoms with Gasteiger partial charge in [0.05, 0.1) is 17.3 Å². The number of aliphatic hydroxyl groups is 1. The fourth-order valence-electron chi connectivity index (χ4n) is 3.73. The average molecular weight is 576 g/mol. The molecule has 1 heterocycles. The van der Waals surface area contributed by atoms with Gasteiger partial charge in [0.2, 0.25) is 5.91 Å². The van der Waals surface area contributed by atoms with Gasteiger partial charge in [-0.05, 0) is 66.0 Å². The molecule has 1 saturated heterocycles. The van der Waals surface area contributed by atoms with E-state index in [1.807, 2.05) is 22.6 Å². The number of likely N-dealkylation sites (tertiary alicyclic amines) is 1. The highest BCUT2D eigenvalue weighted by molar-refractivity contribution is 14.1. The number of rotatable bonds is 10. The van der Waals surface area contributed by atoms with E-state index >= 15 is 0 Å². The first kappa shape index (κ1) is 25.7. The molecule has 3 rings (SSSR count). The van der Waals surface area contributed by atoms with Gasteiger partial charge in [-0.25, -0.2) is 13.2 Å². The van der Waals surface area contributed by atoms with Crippen LogP contribution in [0.2, 0.25) is 0 Å². The molecule has 0 saturated carbocycles. The summed E-state index contributed by atoms with van der Waals surface area (Å²) in [6, 6.07) is 6.47. The molecule has 10 heteroatoms. The maximum absolute atomic E-state index is 14.6. The zero-order valence-electron chi connectivity index (χ0n) is 18.5. The van der Waals surface area contributed by atoms with Crippen molar-refractivity contribution in [1.82, 2.24) is 15.1 Å². The highest BCUT2D eigenvalue weighted by atomic mass is 127. The van der Waals surface area contributed by atoms with Crippen molar-refractivity contribution in [3.63, 3.8) is 0 Å². The second kappa shape index (κ2) is 11.5. The lowest BCUT2D eigenvalue weighted by molar-refractivity contribution is -0.137. The van der Waals surface area contributed by atoms with Crippen molar-refractivity contribution in [2.75, 3.05) is 44.6 Å². The van der Waals surface area contributed by atoms with Crippen molar-refractivity contribution >= 4 is 39.9 Å². The van der Waals surface area contributed by atoms with Crippen LogP contribution in [0.5, 0.6) is 0 Å². The third-order valence-corrected chi connectivity index (χ3v) is 6.52. The van der Waals surface area contributed by atoms with E-state index in [1.165, 1.54) is 18.2 Å². The summed E-state index contributed by atoms with van der Waals surface area (Å²) in [7, 11) is 0. The molecule has 6 nitrogen and oxygen atoms in total. The minimum Gasteiger partial charge on any atom is -0.374 e. The SMILES string of the molecule is CCN(CC)CCNC(=O)C1CN(C(O)c2ccc(F)c(F)c2Nc2ccc(I)cc2F)C1. The Kier molecular flexibility index (Phi) is 8.96. The fraction of sp³-hybridized carbons (Fsp3) is 0.435. The molecule has 180 valence electrons. The van der Waals surface area contributed by atoms with Gasteiger partial charge in [-0.1, -0.05) is 13.8 Å². The smallest absolute Gasteiger partial charge is 0.225 e. The molecule has 0 radical (unpaired) electrons. The minimum atomic E-state index is -1.28. The zero-order chi connectivity index (χ0) is 24.1. The summed E-state index contributed by atoms with van der Waals surface area (Å²) in [5.74, 6) is -3.36. The number of halogens is 4. The number of nitrogens with one attached hydrogen (secondary N) is 2. The van der Waals surface area contributed by atoms with Gasteiger partial charge in [-0.3, -0.25) is 9.69 Å². The molecule has 33 heavy (non-hydrogen) atoms. The molecular weight excluding hydrogens is 548 g/mol. The van der Waals surface area contributed by atoms with Crippen LogP contribution >= 0.6 is 22.6 Å². The number of carbonyl (C=O) groups is 1. The number of amides is 1. The maximum atomic E-state index is 14.6. The summed E-state index contributed by atoms with van der Waals surface area (Å²) in [5.41, 5.74) is -0.315. The van der Waals surface area contributed by atoms with Crippen molar-refractivity contribution in [2.45, 2.75) is 20.1 Å². The maximum Gasteiger partial charge on any atom is 0.225 e. The van der Waals surface area contributed by atoms with E-state index in [4.69, 9.17) is 0 Å². The standard InChI is InChI=1S/C23H28F3IN4O2/c1-3-30(4-2)10-9-28-22(32)14-12-31(13-14)23(33)16-6-7-17(24)20(26)21(16)29-19-8-5-15(27)11-18(19)25/h5-8,11,14,23,29,33H,3-4,9-10,12-13H2,1-2H3,(H,28,32). The first-order chi connectivity index (χ1) is 15.7. The predicted molar refractivity (Wildman–Crippen MR) is 130 cm³/mol. The summed E-state index contributed by atoms with van der Waals surface area (Å²) in [5, 5.41) is 16.3. The van der Waals surface area contributed by atoms with E-state index in [-0.39, 0.29) is 41.9 Å². The normalized spacial score (nSPS) is 15.4. The molecule has 0 aliphatic carbocycles. The number of anilines is 2. The molecule has 0 aromatic heterocycles. The average Bonchev–Trinajstić information content (AvgIpc) is 2.75. The van der Waals surface area contributed by atoms with Crippen LogP contribution in [-0.4, -0.2) is 60.1 Å². The van der Waals surface area contributed by atoms with Crippen LogP contribution in [0.1, 0.15) is 25.6 Å². The third-order valence-electron chi connectivity index (χ3n) is 5.84. The van der Waals surface area contributed by atoms with Gasteiger partial charge in [0.15, 0.2) is 11.6 Å². The highest BCUT2D eigenvalue weighted by Crippen LogP contribution is 2.35. The lowest BCUT2D eigenvalue weighted by Gasteiger charge is -2.41. The lowest BCUT2D eigenvalue weighted by atomic mass is 9.96. The van der Waals surface area contributed by atoms with E-state index in [1.54, 1.807) is 11.0 Å². The first-order valence-electron chi connectivity index (χ1n) is 10.9. The van der Waals surface area contributed by atoms with Crippen LogP contribution in [0.15, 0.2) is 30.3 Å². The second-order valence-corrected chi connectivity index (χ2v) is 9.16. The Bertz CT molecular complexity index is 984. The molecule has 1 aliphatic rings. The molecule has 1 amide bonds. The number of likely N-dealkylation sites (N-methyl/N-ethyl adjacent to an activating group) is 1.